The number of terminal acetylenes is 1. The summed E-state index contributed by atoms with van der Waals surface area (Å²) in [5.74, 6) is 3.32. The normalized spacial score (nSPS) is 14.2. The van der Waals surface area contributed by atoms with E-state index in [1.807, 2.05) is 30.3 Å². The van der Waals surface area contributed by atoms with E-state index in [9.17, 15) is 9.50 Å². The summed E-state index contributed by atoms with van der Waals surface area (Å²) in [6.45, 7) is 6.29. The Bertz CT molecular complexity index is 1170. The third-order valence-corrected chi connectivity index (χ3v) is 6.12. The van der Waals surface area contributed by atoms with E-state index in [1.54, 1.807) is 22.9 Å². The summed E-state index contributed by atoms with van der Waals surface area (Å²) in [4.78, 5) is 2.22. The molecule has 6 nitrogen and oxygen atoms in total. The van der Waals surface area contributed by atoms with E-state index < -0.39 is 11.9 Å². The molecule has 0 saturated heterocycles. The van der Waals surface area contributed by atoms with E-state index in [2.05, 4.69) is 24.7 Å². The Balaban J connectivity index is 1.71. The molecule has 1 unspecified atom stereocenters. The van der Waals surface area contributed by atoms with Crippen molar-refractivity contribution in [1.82, 2.24) is 14.7 Å². The summed E-state index contributed by atoms with van der Waals surface area (Å²) in [6.07, 6.45) is 6.94. The van der Waals surface area contributed by atoms with Crippen molar-refractivity contribution >= 4 is 0 Å². The summed E-state index contributed by atoms with van der Waals surface area (Å²) in [5.41, 5.74) is 2.59. The molecule has 0 radical (unpaired) electrons. The fourth-order valence-corrected chi connectivity index (χ4v) is 4.24. The van der Waals surface area contributed by atoms with Gasteiger partial charge in [-0.2, -0.15) is 5.10 Å². The van der Waals surface area contributed by atoms with E-state index >= 15 is 0 Å². The zero-order valence-electron chi connectivity index (χ0n) is 20.9. The lowest BCUT2D eigenvalue weighted by atomic mass is 10.1. The van der Waals surface area contributed by atoms with Gasteiger partial charge in [-0.15, -0.1) is 6.42 Å². The average Bonchev–Trinajstić information content (AvgIpc) is 3.61. The van der Waals surface area contributed by atoms with Crippen molar-refractivity contribution in [2.75, 3.05) is 26.3 Å². The first-order valence-electron chi connectivity index (χ1n) is 12.5. The molecule has 0 spiro atoms. The van der Waals surface area contributed by atoms with Gasteiger partial charge < -0.3 is 14.6 Å². The van der Waals surface area contributed by atoms with Gasteiger partial charge in [0.2, 0.25) is 5.88 Å². The second-order valence-electron chi connectivity index (χ2n) is 9.61. The molecule has 1 saturated carbocycles. The molecule has 1 aromatic heterocycles. The number of para-hydroxylation sites is 2. The predicted octanol–water partition coefficient (Wildman–Crippen LogP) is 5.15. The van der Waals surface area contributed by atoms with Crippen LogP contribution in [0, 0.1) is 24.1 Å². The van der Waals surface area contributed by atoms with Crippen LogP contribution in [0.2, 0.25) is 0 Å². The lowest BCUT2D eigenvalue weighted by Gasteiger charge is -2.26. The number of aromatic nitrogens is 2. The molecular weight excluding hydrogens is 457 g/mol. The maximum absolute atomic E-state index is 14.6. The lowest BCUT2D eigenvalue weighted by Crippen LogP contribution is -2.36. The highest BCUT2D eigenvalue weighted by Crippen LogP contribution is 2.37. The molecule has 3 aromatic rings. The Kier molecular flexibility index (Phi) is 8.76. The number of hydrogen-bond donors (Lipinski definition) is 1. The van der Waals surface area contributed by atoms with Gasteiger partial charge in [0.15, 0.2) is 11.6 Å². The van der Waals surface area contributed by atoms with Gasteiger partial charge in [-0.05, 0) is 48.9 Å². The fraction of sp³-hybridized carbons (Fsp3) is 0.414. The third-order valence-electron chi connectivity index (χ3n) is 6.12. The van der Waals surface area contributed by atoms with Crippen LogP contribution < -0.4 is 4.74 Å². The fourth-order valence-electron chi connectivity index (χ4n) is 4.24. The Hall–Kier alpha value is -3.18. The predicted molar refractivity (Wildman–Crippen MR) is 138 cm³/mol. The Labute approximate surface area is 212 Å². The molecule has 1 aliphatic rings. The highest BCUT2D eigenvalue weighted by Gasteiger charge is 2.30. The molecular formula is C29H34FN3O3. The molecule has 1 heterocycles. The van der Waals surface area contributed by atoms with Gasteiger partial charge in [0.05, 0.1) is 29.7 Å². The number of aliphatic hydroxyl groups is 1. The number of halogens is 1. The van der Waals surface area contributed by atoms with Crippen LogP contribution in [0.1, 0.15) is 43.9 Å². The number of nitrogens with zero attached hydrogens (tertiary/aromatic N) is 3. The maximum Gasteiger partial charge on any atom is 0.227 e. The van der Waals surface area contributed by atoms with E-state index in [1.165, 1.54) is 18.9 Å². The lowest BCUT2D eigenvalue weighted by molar-refractivity contribution is 0.0249. The molecule has 1 N–H and O–H groups in total. The maximum atomic E-state index is 14.6. The van der Waals surface area contributed by atoms with Gasteiger partial charge in [0, 0.05) is 19.6 Å². The molecule has 36 heavy (non-hydrogen) atoms. The third kappa shape index (κ3) is 6.73. The molecule has 2 aromatic carbocycles. The van der Waals surface area contributed by atoms with Gasteiger partial charge >= 0.3 is 0 Å². The second kappa shape index (κ2) is 12.2. The van der Waals surface area contributed by atoms with Crippen LogP contribution >= 0.6 is 0 Å². The van der Waals surface area contributed by atoms with Crippen molar-refractivity contribution in [3.8, 4) is 29.7 Å². The molecule has 0 aliphatic heterocycles. The minimum absolute atomic E-state index is 0.111. The Morgan fingerprint density at radius 2 is 1.89 bits per heavy atom. The number of hydrogen-bond acceptors (Lipinski definition) is 5. The topological polar surface area (TPSA) is 59.8 Å². The van der Waals surface area contributed by atoms with E-state index in [0.29, 0.717) is 24.9 Å². The van der Waals surface area contributed by atoms with Crippen LogP contribution in [-0.4, -0.2) is 52.2 Å². The van der Waals surface area contributed by atoms with E-state index in [-0.39, 0.29) is 24.9 Å². The molecule has 1 atom stereocenters. The Morgan fingerprint density at radius 1 is 1.17 bits per heavy atom. The van der Waals surface area contributed by atoms with E-state index in [0.717, 1.165) is 23.5 Å². The van der Waals surface area contributed by atoms with Crippen LogP contribution in [0.15, 0.2) is 54.6 Å². The smallest absolute Gasteiger partial charge is 0.227 e. The molecule has 1 fully saturated rings. The zero-order chi connectivity index (χ0) is 25.5. The summed E-state index contributed by atoms with van der Waals surface area (Å²) >= 11 is 0. The molecule has 0 amide bonds. The highest BCUT2D eigenvalue weighted by molar-refractivity contribution is 5.44. The Morgan fingerprint density at radius 3 is 2.56 bits per heavy atom. The van der Waals surface area contributed by atoms with Crippen LogP contribution in [0.25, 0.3) is 5.69 Å². The molecule has 4 rings (SSSR count). The second-order valence-corrected chi connectivity index (χ2v) is 9.61. The largest absolute Gasteiger partial charge is 0.435 e. The van der Waals surface area contributed by atoms with Gasteiger partial charge in [0.25, 0.3) is 0 Å². The van der Waals surface area contributed by atoms with Crippen molar-refractivity contribution in [2.45, 2.75) is 45.3 Å². The van der Waals surface area contributed by atoms with Crippen molar-refractivity contribution < 1.29 is 19.0 Å². The van der Waals surface area contributed by atoms with Crippen LogP contribution in [0.5, 0.6) is 11.6 Å². The molecule has 7 heteroatoms. The average molecular weight is 492 g/mol. The van der Waals surface area contributed by atoms with E-state index in [4.69, 9.17) is 21.0 Å². The first kappa shape index (κ1) is 25.9. The monoisotopic (exact) mass is 491 g/mol. The number of benzene rings is 2. The van der Waals surface area contributed by atoms with Crippen LogP contribution in [0.4, 0.5) is 4.39 Å². The first-order valence-corrected chi connectivity index (χ1v) is 12.5. The van der Waals surface area contributed by atoms with Crippen LogP contribution in [0.3, 0.4) is 0 Å². The molecule has 1 aliphatic carbocycles. The molecule has 0 bridgehead atoms. The number of ether oxygens (including phenoxy) is 2. The summed E-state index contributed by atoms with van der Waals surface area (Å²) in [6, 6.07) is 16.1. The zero-order valence-corrected chi connectivity index (χ0v) is 20.9. The van der Waals surface area contributed by atoms with Gasteiger partial charge in [-0.25, -0.2) is 9.07 Å². The summed E-state index contributed by atoms with van der Waals surface area (Å²) in [5, 5.41) is 15.5. The van der Waals surface area contributed by atoms with Gasteiger partial charge in [0.1, 0.15) is 6.61 Å². The summed E-state index contributed by atoms with van der Waals surface area (Å²) < 4.78 is 28.0. The minimum Gasteiger partial charge on any atom is -0.435 e. The molecule has 190 valence electrons. The van der Waals surface area contributed by atoms with Gasteiger partial charge in [-0.3, -0.25) is 4.90 Å². The van der Waals surface area contributed by atoms with Crippen molar-refractivity contribution in [2.24, 2.45) is 5.92 Å². The summed E-state index contributed by atoms with van der Waals surface area (Å²) in [7, 11) is 0. The van der Waals surface area contributed by atoms with Crippen molar-refractivity contribution in [3.05, 3.63) is 71.7 Å². The standard InChI is InChI=1S/C29H34FN3O3/c1-4-16-35-20-24(34)18-32(17-22-14-15-22)19-25-28(21(2)3)31-33(23-10-6-5-7-11-23)29(25)36-27-13-9-8-12-26(27)30/h1,5-13,21-22,24,34H,14-20H2,2-3H3. The minimum atomic E-state index is -0.681. The SMILES string of the molecule is C#CCOCC(O)CN(Cc1c(C(C)C)nn(-c2ccccc2)c1Oc1ccccc1F)CC1CC1. The quantitative estimate of drug-likeness (QED) is 0.265. The number of aliphatic hydroxyl groups excluding tert-OH is 1. The van der Waals surface area contributed by atoms with Crippen molar-refractivity contribution in [3.63, 3.8) is 0 Å². The first-order chi connectivity index (χ1) is 17.5. The number of rotatable bonds is 13. The highest BCUT2D eigenvalue weighted by atomic mass is 19.1. The van der Waals surface area contributed by atoms with Gasteiger partial charge in [-0.1, -0.05) is 50.1 Å². The van der Waals surface area contributed by atoms with Crippen molar-refractivity contribution in [1.29, 1.82) is 0 Å². The van der Waals surface area contributed by atoms with Crippen LogP contribution in [-0.2, 0) is 11.3 Å².